The summed E-state index contributed by atoms with van der Waals surface area (Å²) in [6.45, 7) is 1.85. The first-order valence-corrected chi connectivity index (χ1v) is 8.68. The molecule has 6 heteroatoms. The molecule has 0 atom stereocenters. The number of hydrogen-bond donors (Lipinski definition) is 0. The van der Waals surface area contributed by atoms with E-state index in [1.54, 1.807) is 31.4 Å². The number of sulfonamides is 1. The number of methoxy groups -OCH3 is 1. The van der Waals surface area contributed by atoms with Crippen LogP contribution in [0.25, 0.3) is 0 Å². The number of nitrogens with zero attached hydrogens (tertiary/aromatic N) is 1. The zero-order chi connectivity index (χ0) is 16.6. The summed E-state index contributed by atoms with van der Waals surface area (Å²) >= 11 is 0. The van der Waals surface area contributed by atoms with Crippen molar-refractivity contribution in [3.8, 4) is 5.75 Å². The van der Waals surface area contributed by atoms with E-state index in [1.807, 2.05) is 6.07 Å². The average molecular weight is 331 g/mol. The molecule has 2 aromatic carbocycles. The third kappa shape index (κ3) is 2.70. The predicted octanol–water partition coefficient (Wildman–Crippen LogP) is 2.65. The summed E-state index contributed by atoms with van der Waals surface area (Å²) in [4.78, 5) is 11.5. The van der Waals surface area contributed by atoms with Crippen molar-refractivity contribution in [1.82, 2.24) is 0 Å². The third-order valence-corrected chi connectivity index (χ3v) is 5.82. The molecule has 0 aromatic heterocycles. The van der Waals surface area contributed by atoms with Crippen LogP contribution >= 0.6 is 0 Å². The predicted molar refractivity (Wildman–Crippen MR) is 87.7 cm³/mol. The van der Waals surface area contributed by atoms with Gasteiger partial charge in [0.2, 0.25) is 0 Å². The smallest absolute Gasteiger partial charge is 0.264 e. The van der Waals surface area contributed by atoms with Crippen molar-refractivity contribution in [1.29, 1.82) is 0 Å². The second-order valence-electron chi connectivity index (χ2n) is 5.40. The van der Waals surface area contributed by atoms with Crippen LogP contribution in [0.15, 0.2) is 47.4 Å². The van der Waals surface area contributed by atoms with Crippen molar-refractivity contribution < 1.29 is 17.9 Å². The quantitative estimate of drug-likeness (QED) is 0.808. The van der Waals surface area contributed by atoms with Gasteiger partial charge in [-0.2, -0.15) is 0 Å². The molecule has 0 N–H and O–H groups in total. The molecule has 120 valence electrons. The fourth-order valence-corrected chi connectivity index (χ4v) is 4.22. The highest BCUT2D eigenvalue weighted by Crippen LogP contribution is 2.35. The standard InChI is InChI=1S/C17H17NO4S/c1-12(19)13-3-6-16(7-4-13)23(20,21)18-10-9-14-11-15(22-2)5-8-17(14)18/h3-8,11H,9-10H2,1-2H3. The normalized spacial score (nSPS) is 13.7. The van der Waals surface area contributed by atoms with Crippen molar-refractivity contribution in [3.05, 3.63) is 53.6 Å². The summed E-state index contributed by atoms with van der Waals surface area (Å²) in [6, 6.07) is 11.4. The molecule has 2 aromatic rings. The van der Waals surface area contributed by atoms with E-state index in [0.29, 0.717) is 30.0 Å². The summed E-state index contributed by atoms with van der Waals surface area (Å²) in [7, 11) is -2.05. The van der Waals surface area contributed by atoms with Crippen molar-refractivity contribution in [2.75, 3.05) is 18.0 Å². The highest BCUT2D eigenvalue weighted by molar-refractivity contribution is 7.92. The van der Waals surface area contributed by atoms with Crippen LogP contribution in [-0.4, -0.2) is 27.9 Å². The van der Waals surface area contributed by atoms with Crippen LogP contribution in [0.2, 0.25) is 0 Å². The molecule has 0 aliphatic carbocycles. The van der Waals surface area contributed by atoms with Gasteiger partial charge in [-0.15, -0.1) is 0 Å². The zero-order valence-electron chi connectivity index (χ0n) is 12.9. The lowest BCUT2D eigenvalue weighted by atomic mass is 10.1. The molecule has 5 nitrogen and oxygen atoms in total. The number of carbonyl (C=O) groups is 1. The van der Waals surface area contributed by atoms with Crippen molar-refractivity contribution >= 4 is 21.5 Å². The maximum Gasteiger partial charge on any atom is 0.264 e. The Morgan fingerprint density at radius 3 is 2.43 bits per heavy atom. The first-order valence-electron chi connectivity index (χ1n) is 7.24. The lowest BCUT2D eigenvalue weighted by Crippen LogP contribution is -2.29. The number of rotatable bonds is 4. The Morgan fingerprint density at radius 1 is 1.13 bits per heavy atom. The molecule has 3 rings (SSSR count). The molecule has 1 aliphatic rings. The second-order valence-corrected chi connectivity index (χ2v) is 7.26. The van der Waals surface area contributed by atoms with Crippen molar-refractivity contribution in [2.24, 2.45) is 0 Å². The number of anilines is 1. The van der Waals surface area contributed by atoms with Gasteiger partial charge in [0.15, 0.2) is 5.78 Å². The Labute approximate surface area is 135 Å². The molecule has 0 spiro atoms. The van der Waals surface area contributed by atoms with Gasteiger partial charge in [-0.1, -0.05) is 12.1 Å². The van der Waals surface area contributed by atoms with Crippen LogP contribution in [0.3, 0.4) is 0 Å². The van der Waals surface area contributed by atoms with E-state index in [2.05, 4.69) is 0 Å². The van der Waals surface area contributed by atoms with Gasteiger partial charge >= 0.3 is 0 Å². The van der Waals surface area contributed by atoms with Crippen LogP contribution in [0, 0.1) is 0 Å². The molecule has 1 aliphatic heterocycles. The molecular weight excluding hydrogens is 314 g/mol. The molecule has 0 saturated heterocycles. The van der Waals surface area contributed by atoms with E-state index in [-0.39, 0.29) is 10.7 Å². The number of Topliss-reactive ketones (excluding diaryl/α,β-unsaturated/α-hetero) is 1. The Bertz CT molecular complexity index is 857. The monoisotopic (exact) mass is 331 g/mol. The van der Waals surface area contributed by atoms with Crippen LogP contribution in [-0.2, 0) is 16.4 Å². The Morgan fingerprint density at radius 2 is 1.83 bits per heavy atom. The van der Waals surface area contributed by atoms with E-state index in [9.17, 15) is 13.2 Å². The maximum atomic E-state index is 12.8. The van der Waals surface area contributed by atoms with E-state index in [0.717, 1.165) is 5.56 Å². The molecule has 0 amide bonds. The zero-order valence-corrected chi connectivity index (χ0v) is 13.8. The van der Waals surface area contributed by atoms with Crippen LogP contribution in [0.4, 0.5) is 5.69 Å². The summed E-state index contributed by atoms with van der Waals surface area (Å²) in [6.07, 6.45) is 0.650. The molecular formula is C17H17NO4S. The van der Waals surface area contributed by atoms with Gasteiger partial charge in [-0.3, -0.25) is 9.10 Å². The van der Waals surface area contributed by atoms with Crippen molar-refractivity contribution in [2.45, 2.75) is 18.2 Å². The number of hydrogen-bond acceptors (Lipinski definition) is 4. The SMILES string of the molecule is COc1ccc2c(c1)CCN2S(=O)(=O)c1ccc(C(C)=O)cc1. The summed E-state index contributed by atoms with van der Waals surface area (Å²) < 4.78 is 32.3. The first-order chi connectivity index (χ1) is 10.9. The average Bonchev–Trinajstić information content (AvgIpc) is 2.98. The fraction of sp³-hybridized carbons (Fsp3) is 0.235. The molecule has 23 heavy (non-hydrogen) atoms. The van der Waals surface area contributed by atoms with Gasteiger partial charge in [-0.05, 0) is 49.2 Å². The third-order valence-electron chi connectivity index (χ3n) is 3.99. The van der Waals surface area contributed by atoms with Gasteiger partial charge in [0, 0.05) is 12.1 Å². The molecule has 0 bridgehead atoms. The Balaban J connectivity index is 1.97. The second kappa shape index (κ2) is 5.70. The molecule has 0 radical (unpaired) electrons. The number of fused-ring (bicyclic) bond motifs is 1. The highest BCUT2D eigenvalue weighted by Gasteiger charge is 2.31. The van der Waals surface area contributed by atoms with Crippen LogP contribution in [0.1, 0.15) is 22.8 Å². The van der Waals surface area contributed by atoms with E-state index in [4.69, 9.17) is 4.74 Å². The highest BCUT2D eigenvalue weighted by atomic mass is 32.2. The van der Waals surface area contributed by atoms with Crippen molar-refractivity contribution in [3.63, 3.8) is 0 Å². The summed E-state index contributed by atoms with van der Waals surface area (Å²) in [5, 5.41) is 0. The maximum absolute atomic E-state index is 12.8. The van der Waals surface area contributed by atoms with Crippen LogP contribution in [0.5, 0.6) is 5.75 Å². The molecule has 1 heterocycles. The Hall–Kier alpha value is -2.34. The van der Waals surface area contributed by atoms with Crippen LogP contribution < -0.4 is 9.04 Å². The number of ketones is 1. The number of ether oxygens (including phenoxy) is 1. The van der Waals surface area contributed by atoms with E-state index in [1.165, 1.54) is 23.4 Å². The topological polar surface area (TPSA) is 63.7 Å². The van der Waals surface area contributed by atoms with Gasteiger partial charge < -0.3 is 4.74 Å². The molecule has 0 fully saturated rings. The molecule has 0 unspecified atom stereocenters. The first kappa shape index (κ1) is 15.6. The lowest BCUT2D eigenvalue weighted by Gasteiger charge is -2.19. The summed E-state index contributed by atoms with van der Waals surface area (Å²) in [5.41, 5.74) is 2.13. The Kier molecular flexibility index (Phi) is 3.85. The van der Waals surface area contributed by atoms with Gasteiger partial charge in [0.05, 0.1) is 17.7 Å². The minimum absolute atomic E-state index is 0.0902. The lowest BCUT2D eigenvalue weighted by molar-refractivity contribution is 0.101. The van der Waals surface area contributed by atoms with E-state index < -0.39 is 10.0 Å². The molecule has 0 saturated carbocycles. The van der Waals surface area contributed by atoms with Gasteiger partial charge in [0.25, 0.3) is 10.0 Å². The minimum atomic E-state index is -3.63. The van der Waals surface area contributed by atoms with Gasteiger partial charge in [0.1, 0.15) is 5.75 Å². The minimum Gasteiger partial charge on any atom is -0.497 e. The number of carbonyl (C=O) groups excluding carboxylic acids is 1. The number of benzene rings is 2. The summed E-state index contributed by atoms with van der Waals surface area (Å²) in [5.74, 6) is 0.626. The van der Waals surface area contributed by atoms with Gasteiger partial charge in [-0.25, -0.2) is 8.42 Å². The fourth-order valence-electron chi connectivity index (χ4n) is 2.71. The van der Waals surface area contributed by atoms with E-state index >= 15 is 0 Å². The largest absolute Gasteiger partial charge is 0.497 e.